The van der Waals surface area contributed by atoms with Crippen LogP contribution >= 0.6 is 11.6 Å². The number of carboxylic acid groups (broad SMARTS) is 1. The number of nitrogens with zero attached hydrogens (tertiary/aromatic N) is 4. The van der Waals surface area contributed by atoms with Gasteiger partial charge >= 0.3 is 5.97 Å². The standard InChI is InChI=1S/C28H25ClN4O4/c1-31-13-12-30-26(31)19-4-2-18(3-5-19)15-33-24-14-21(28(36)37)6-7-22(24)16-32(17-25(33)34)27(35)20-8-10-23(29)11-9-20/h2-11,14H,12-13,15-17H2,1H3,(H,36,37). The first-order valence-corrected chi connectivity index (χ1v) is 12.2. The third-order valence-electron chi connectivity index (χ3n) is 6.60. The molecule has 0 atom stereocenters. The average Bonchev–Trinajstić information content (AvgIpc) is 3.27. The molecule has 0 unspecified atom stereocenters. The zero-order chi connectivity index (χ0) is 26.1. The summed E-state index contributed by atoms with van der Waals surface area (Å²) in [4.78, 5) is 48.2. The molecule has 9 heteroatoms. The molecule has 3 aromatic carbocycles. The Kier molecular flexibility index (Phi) is 6.67. The second-order valence-electron chi connectivity index (χ2n) is 9.12. The van der Waals surface area contributed by atoms with E-state index in [0.717, 1.165) is 30.1 Å². The Morgan fingerprint density at radius 3 is 2.32 bits per heavy atom. The van der Waals surface area contributed by atoms with Crippen molar-refractivity contribution in [1.82, 2.24) is 9.80 Å². The highest BCUT2D eigenvalue weighted by atomic mass is 35.5. The maximum absolute atomic E-state index is 13.5. The minimum Gasteiger partial charge on any atom is -0.478 e. The van der Waals surface area contributed by atoms with Gasteiger partial charge in [-0.1, -0.05) is 41.9 Å². The van der Waals surface area contributed by atoms with Gasteiger partial charge in [0.15, 0.2) is 0 Å². The maximum atomic E-state index is 13.5. The van der Waals surface area contributed by atoms with Crippen molar-refractivity contribution < 1.29 is 19.5 Å². The first-order chi connectivity index (χ1) is 17.8. The van der Waals surface area contributed by atoms with Gasteiger partial charge in [-0.25, -0.2) is 4.79 Å². The predicted molar refractivity (Wildman–Crippen MR) is 141 cm³/mol. The summed E-state index contributed by atoms with van der Waals surface area (Å²) in [6, 6.07) is 19.0. The fourth-order valence-corrected chi connectivity index (χ4v) is 4.73. The number of hydrogen-bond donors (Lipinski definition) is 1. The van der Waals surface area contributed by atoms with Gasteiger partial charge in [0, 0.05) is 42.0 Å². The highest BCUT2D eigenvalue weighted by molar-refractivity contribution is 6.30. The third-order valence-corrected chi connectivity index (χ3v) is 6.85. The number of rotatable bonds is 5. The summed E-state index contributed by atoms with van der Waals surface area (Å²) >= 11 is 5.97. The number of anilines is 1. The lowest BCUT2D eigenvalue weighted by Gasteiger charge is -2.24. The van der Waals surface area contributed by atoms with Gasteiger partial charge in [0.05, 0.1) is 18.7 Å². The summed E-state index contributed by atoms with van der Waals surface area (Å²) in [6.07, 6.45) is 0. The summed E-state index contributed by atoms with van der Waals surface area (Å²) in [6.45, 7) is 1.92. The molecule has 0 spiro atoms. The molecule has 2 aliphatic heterocycles. The number of carboxylic acids is 1. The number of carbonyl (C=O) groups is 3. The molecule has 2 aliphatic rings. The van der Waals surface area contributed by atoms with Gasteiger partial charge in [-0.3, -0.25) is 14.6 Å². The number of hydrogen-bond acceptors (Lipinski definition) is 5. The Hall–Kier alpha value is -4.17. The number of carbonyl (C=O) groups excluding carboxylic acids is 2. The van der Waals surface area contributed by atoms with E-state index in [-0.39, 0.29) is 37.0 Å². The summed E-state index contributed by atoms with van der Waals surface area (Å²) in [5.74, 6) is -0.747. The smallest absolute Gasteiger partial charge is 0.335 e. The van der Waals surface area contributed by atoms with E-state index in [1.54, 1.807) is 35.2 Å². The molecule has 188 valence electrons. The Balaban J connectivity index is 1.46. The number of benzene rings is 3. The van der Waals surface area contributed by atoms with Crippen LogP contribution in [0.15, 0.2) is 71.7 Å². The van der Waals surface area contributed by atoms with Crippen molar-refractivity contribution in [2.24, 2.45) is 4.99 Å². The van der Waals surface area contributed by atoms with Crippen molar-refractivity contribution in [2.75, 3.05) is 31.6 Å². The SMILES string of the molecule is CN1CCN=C1c1ccc(CN2C(=O)CN(C(=O)c3ccc(Cl)cc3)Cc3ccc(C(=O)O)cc32)cc1. The number of halogens is 1. The maximum Gasteiger partial charge on any atom is 0.335 e. The Morgan fingerprint density at radius 1 is 0.973 bits per heavy atom. The summed E-state index contributed by atoms with van der Waals surface area (Å²) in [5.41, 5.74) is 3.55. The molecule has 0 radical (unpaired) electrons. The summed E-state index contributed by atoms with van der Waals surface area (Å²) in [5, 5.41) is 10.1. The van der Waals surface area contributed by atoms with Crippen LogP contribution in [-0.2, 0) is 17.9 Å². The van der Waals surface area contributed by atoms with Gasteiger partial charge < -0.3 is 19.8 Å². The fourth-order valence-electron chi connectivity index (χ4n) is 4.60. The van der Waals surface area contributed by atoms with Gasteiger partial charge in [-0.2, -0.15) is 0 Å². The lowest BCUT2D eigenvalue weighted by atomic mass is 10.1. The van der Waals surface area contributed by atoms with Crippen LogP contribution in [0.1, 0.15) is 37.4 Å². The highest BCUT2D eigenvalue weighted by Gasteiger charge is 2.30. The second kappa shape index (κ2) is 10.1. The van der Waals surface area contributed by atoms with Gasteiger partial charge in [0.1, 0.15) is 12.4 Å². The van der Waals surface area contributed by atoms with Gasteiger partial charge in [0.2, 0.25) is 5.91 Å². The Labute approximate surface area is 219 Å². The van der Waals surface area contributed by atoms with E-state index in [0.29, 0.717) is 21.8 Å². The normalized spacial score (nSPS) is 15.4. The predicted octanol–water partition coefficient (Wildman–Crippen LogP) is 3.92. The van der Waals surface area contributed by atoms with Crippen molar-refractivity contribution >= 4 is 40.9 Å². The number of aliphatic imine (C=N–C) groups is 1. The van der Waals surface area contributed by atoms with E-state index in [4.69, 9.17) is 11.6 Å². The number of fused-ring (bicyclic) bond motifs is 1. The minimum absolute atomic E-state index is 0.0756. The van der Waals surface area contributed by atoms with Gasteiger partial charge in [-0.05, 0) is 47.5 Å². The first kappa shape index (κ1) is 24.5. The molecule has 5 rings (SSSR count). The van der Waals surface area contributed by atoms with Crippen LogP contribution in [0.4, 0.5) is 5.69 Å². The molecule has 8 nitrogen and oxygen atoms in total. The van der Waals surface area contributed by atoms with Gasteiger partial charge in [-0.15, -0.1) is 0 Å². The van der Waals surface area contributed by atoms with Crippen molar-refractivity contribution in [2.45, 2.75) is 13.1 Å². The monoisotopic (exact) mass is 516 g/mol. The van der Waals surface area contributed by atoms with Crippen molar-refractivity contribution in [3.05, 3.63) is 99.6 Å². The van der Waals surface area contributed by atoms with Crippen LogP contribution in [0.3, 0.4) is 0 Å². The van der Waals surface area contributed by atoms with E-state index in [1.165, 1.54) is 17.0 Å². The molecular formula is C28H25ClN4O4. The zero-order valence-electron chi connectivity index (χ0n) is 20.2. The lowest BCUT2D eigenvalue weighted by molar-refractivity contribution is -0.119. The molecule has 2 heterocycles. The van der Waals surface area contributed by atoms with E-state index in [9.17, 15) is 19.5 Å². The molecule has 2 amide bonds. The molecule has 0 bridgehead atoms. The molecule has 0 aromatic heterocycles. The molecule has 3 aromatic rings. The zero-order valence-corrected chi connectivity index (χ0v) is 21.0. The third kappa shape index (κ3) is 5.06. The molecule has 0 fully saturated rings. The molecule has 0 saturated heterocycles. The van der Waals surface area contributed by atoms with Crippen molar-refractivity contribution in [3.8, 4) is 0 Å². The average molecular weight is 517 g/mol. The molecule has 1 N–H and O–H groups in total. The van der Waals surface area contributed by atoms with Crippen LogP contribution < -0.4 is 4.90 Å². The number of amidine groups is 1. The molecule has 0 saturated carbocycles. The topological polar surface area (TPSA) is 93.5 Å². The van der Waals surface area contributed by atoms with Crippen LogP contribution in [0.25, 0.3) is 0 Å². The Morgan fingerprint density at radius 2 is 1.68 bits per heavy atom. The second-order valence-corrected chi connectivity index (χ2v) is 9.56. The number of amides is 2. The first-order valence-electron chi connectivity index (χ1n) is 11.9. The van der Waals surface area contributed by atoms with E-state index < -0.39 is 5.97 Å². The van der Waals surface area contributed by atoms with Gasteiger partial charge in [0.25, 0.3) is 5.91 Å². The van der Waals surface area contributed by atoms with E-state index in [1.807, 2.05) is 31.3 Å². The molecule has 0 aliphatic carbocycles. The number of likely N-dealkylation sites (N-methyl/N-ethyl adjacent to an activating group) is 1. The van der Waals surface area contributed by atoms with Crippen LogP contribution in [-0.4, -0.2) is 65.2 Å². The van der Waals surface area contributed by atoms with Crippen molar-refractivity contribution in [1.29, 1.82) is 0 Å². The highest BCUT2D eigenvalue weighted by Crippen LogP contribution is 2.30. The summed E-state index contributed by atoms with van der Waals surface area (Å²) < 4.78 is 0. The Bertz CT molecular complexity index is 1400. The van der Waals surface area contributed by atoms with Crippen molar-refractivity contribution in [3.63, 3.8) is 0 Å². The summed E-state index contributed by atoms with van der Waals surface area (Å²) in [7, 11) is 2.00. The molecule has 37 heavy (non-hydrogen) atoms. The fraction of sp³-hybridized carbons (Fsp3) is 0.214. The lowest BCUT2D eigenvalue weighted by Crippen LogP contribution is -2.39. The van der Waals surface area contributed by atoms with E-state index >= 15 is 0 Å². The van der Waals surface area contributed by atoms with Crippen LogP contribution in [0, 0.1) is 0 Å². The molecular weight excluding hydrogens is 492 g/mol. The van der Waals surface area contributed by atoms with Crippen LogP contribution in [0.2, 0.25) is 5.02 Å². The largest absolute Gasteiger partial charge is 0.478 e. The van der Waals surface area contributed by atoms with Crippen LogP contribution in [0.5, 0.6) is 0 Å². The quantitative estimate of drug-likeness (QED) is 0.555. The van der Waals surface area contributed by atoms with E-state index in [2.05, 4.69) is 9.89 Å². The number of aromatic carboxylic acids is 1. The minimum atomic E-state index is -1.08.